The Morgan fingerprint density at radius 3 is 1.79 bits per heavy atom. The topological polar surface area (TPSA) is 8.17 Å². The van der Waals surface area contributed by atoms with E-state index in [9.17, 15) is 0 Å². The van der Waals surface area contributed by atoms with Crippen LogP contribution in [0.1, 0.15) is 47.2 Å². The minimum Gasteiger partial charge on any atom is -0.310 e. The molecule has 0 unspecified atom stereocenters. The number of para-hydroxylation sites is 3. The average molecular weight is 679 g/mol. The highest BCUT2D eigenvalue weighted by Gasteiger charge is 2.40. The van der Waals surface area contributed by atoms with Gasteiger partial charge in [-0.2, -0.15) is 0 Å². The monoisotopic (exact) mass is 678 g/mol. The summed E-state index contributed by atoms with van der Waals surface area (Å²) in [7, 11) is 0. The van der Waals surface area contributed by atoms with Crippen molar-refractivity contribution in [2.24, 2.45) is 0 Å². The zero-order valence-corrected chi connectivity index (χ0v) is 30.0. The molecule has 0 radical (unpaired) electrons. The number of hydrogen-bond acceptors (Lipinski definition) is 1. The predicted molar refractivity (Wildman–Crippen MR) is 223 cm³/mol. The van der Waals surface area contributed by atoms with E-state index in [1.165, 1.54) is 77.1 Å². The Bertz CT molecular complexity index is 2870. The second kappa shape index (κ2) is 11.3. The van der Waals surface area contributed by atoms with Gasteiger partial charge in [-0.05, 0) is 129 Å². The van der Waals surface area contributed by atoms with E-state index in [-0.39, 0.29) is 5.41 Å². The molecule has 8 aromatic carbocycles. The van der Waals surface area contributed by atoms with E-state index >= 15 is 0 Å². The number of aromatic nitrogens is 1. The first kappa shape index (κ1) is 30.3. The summed E-state index contributed by atoms with van der Waals surface area (Å²) in [6.45, 7) is 4.87. The Morgan fingerprint density at radius 1 is 0.491 bits per heavy atom. The zero-order chi connectivity index (χ0) is 35.3. The highest BCUT2D eigenvalue weighted by Crippen LogP contribution is 2.57. The summed E-state index contributed by atoms with van der Waals surface area (Å²) in [4.78, 5) is 2.36. The molecule has 0 fully saturated rings. The second-order valence-electron chi connectivity index (χ2n) is 15.3. The summed E-state index contributed by atoms with van der Waals surface area (Å²) in [6, 6.07) is 62.9. The summed E-state index contributed by atoms with van der Waals surface area (Å²) < 4.78 is 2.57. The highest BCUT2D eigenvalue weighted by atomic mass is 15.1. The zero-order valence-electron chi connectivity index (χ0n) is 30.0. The number of rotatable bonds is 4. The number of benzene rings is 8. The molecular formula is C51H38N2. The molecule has 2 heteroatoms. The molecule has 252 valence electrons. The van der Waals surface area contributed by atoms with Gasteiger partial charge in [-0.15, -0.1) is 0 Å². The highest BCUT2D eigenvalue weighted by molar-refractivity contribution is 6.27. The van der Waals surface area contributed by atoms with Gasteiger partial charge in [-0.1, -0.05) is 123 Å². The maximum Gasteiger partial charge on any atom is 0.0594 e. The van der Waals surface area contributed by atoms with Crippen LogP contribution < -0.4 is 4.90 Å². The van der Waals surface area contributed by atoms with Gasteiger partial charge in [0.1, 0.15) is 0 Å². The lowest BCUT2D eigenvalue weighted by Crippen LogP contribution is -2.17. The summed E-state index contributed by atoms with van der Waals surface area (Å²) in [5.74, 6) is 0. The summed E-state index contributed by atoms with van der Waals surface area (Å²) in [5, 5.41) is 5.38. The molecule has 2 aliphatic carbocycles. The fraction of sp³-hybridized carbons (Fsp3) is 0.0980. The molecule has 2 aliphatic rings. The van der Waals surface area contributed by atoms with Gasteiger partial charge in [0.2, 0.25) is 0 Å². The minimum atomic E-state index is -0.204. The number of nitrogens with zero attached hydrogens (tertiary/aromatic N) is 2. The van der Waals surface area contributed by atoms with Crippen LogP contribution in [0.2, 0.25) is 0 Å². The lowest BCUT2D eigenvalue weighted by molar-refractivity contribution is 0.664. The van der Waals surface area contributed by atoms with Crippen LogP contribution in [-0.2, 0) is 18.3 Å². The molecule has 0 spiro atoms. The molecule has 1 aromatic heterocycles. The Hall–Kier alpha value is -6.38. The molecule has 1 heterocycles. The quantitative estimate of drug-likeness (QED) is 0.180. The molecule has 0 aliphatic heterocycles. The number of anilines is 3. The lowest BCUT2D eigenvalue weighted by Gasteiger charge is -2.27. The van der Waals surface area contributed by atoms with Gasteiger partial charge in [-0.3, -0.25) is 0 Å². The van der Waals surface area contributed by atoms with Crippen molar-refractivity contribution in [3.63, 3.8) is 0 Å². The Balaban J connectivity index is 1.25. The normalized spacial score (nSPS) is 13.8. The molecule has 0 bridgehead atoms. The molecule has 0 amide bonds. The second-order valence-corrected chi connectivity index (χ2v) is 15.3. The van der Waals surface area contributed by atoms with Crippen molar-refractivity contribution in [3.8, 4) is 16.8 Å². The third-order valence-electron chi connectivity index (χ3n) is 12.0. The first-order chi connectivity index (χ1) is 26.1. The fourth-order valence-electron chi connectivity index (χ4n) is 9.66. The molecule has 0 atom stereocenters. The van der Waals surface area contributed by atoms with Crippen molar-refractivity contribution >= 4 is 49.6 Å². The Kier molecular flexibility index (Phi) is 6.46. The Morgan fingerprint density at radius 2 is 1.08 bits per heavy atom. The smallest absolute Gasteiger partial charge is 0.0594 e. The van der Waals surface area contributed by atoms with Crippen LogP contribution in [0.15, 0.2) is 170 Å². The third-order valence-corrected chi connectivity index (χ3v) is 12.0. The van der Waals surface area contributed by atoms with Crippen LogP contribution in [0.4, 0.5) is 17.1 Å². The molecule has 9 aromatic rings. The van der Waals surface area contributed by atoms with Crippen molar-refractivity contribution in [1.82, 2.24) is 4.57 Å². The third kappa shape index (κ3) is 4.39. The Labute approximate surface area is 310 Å². The van der Waals surface area contributed by atoms with Gasteiger partial charge in [0.15, 0.2) is 0 Å². The van der Waals surface area contributed by atoms with Crippen LogP contribution in [0, 0.1) is 0 Å². The summed E-state index contributed by atoms with van der Waals surface area (Å²) in [6.07, 6.45) is 1.95. The van der Waals surface area contributed by atoms with Crippen LogP contribution >= 0.6 is 0 Å². The van der Waals surface area contributed by atoms with Gasteiger partial charge >= 0.3 is 0 Å². The molecule has 53 heavy (non-hydrogen) atoms. The molecule has 11 rings (SSSR count). The average Bonchev–Trinajstić information content (AvgIpc) is 3.67. The van der Waals surface area contributed by atoms with E-state index in [2.05, 4.69) is 193 Å². The van der Waals surface area contributed by atoms with Crippen molar-refractivity contribution in [2.75, 3.05) is 4.90 Å². The van der Waals surface area contributed by atoms with Crippen molar-refractivity contribution in [2.45, 2.75) is 32.1 Å². The van der Waals surface area contributed by atoms with Crippen molar-refractivity contribution in [3.05, 3.63) is 203 Å². The fourth-order valence-corrected chi connectivity index (χ4v) is 9.66. The van der Waals surface area contributed by atoms with Gasteiger partial charge < -0.3 is 9.47 Å². The summed E-state index contributed by atoms with van der Waals surface area (Å²) in [5.41, 5.74) is 18.3. The SMILES string of the molecule is CC1(C)c2ccccc2-c2c1c1c(c3cc4c(cc23)Cc2ccccc2C4)c2ccccc2n1-c1cccc(N(c2ccccc2)c2ccccc2)c1. The standard InChI is InChI=1S/C51H38N2/c1-51(2)45-26-13-11-24-41(45)47-43-30-35-28-33-16-9-10-17-34(33)29-36(35)31-44(43)48-42-25-12-14-27-46(42)53(50(48)49(47)51)40-23-15-22-39(32-40)52(37-18-5-3-6-19-37)38-20-7-4-8-21-38/h3-27,30-32H,28-29H2,1-2H3. The van der Waals surface area contributed by atoms with Crippen LogP contribution in [0.25, 0.3) is 49.4 Å². The van der Waals surface area contributed by atoms with Gasteiger partial charge in [0, 0.05) is 38.9 Å². The van der Waals surface area contributed by atoms with Crippen molar-refractivity contribution in [1.29, 1.82) is 0 Å². The van der Waals surface area contributed by atoms with E-state index in [1.54, 1.807) is 0 Å². The van der Waals surface area contributed by atoms with Gasteiger partial charge in [0.05, 0.1) is 11.0 Å². The van der Waals surface area contributed by atoms with E-state index in [4.69, 9.17) is 0 Å². The van der Waals surface area contributed by atoms with E-state index in [0.717, 1.165) is 35.6 Å². The maximum atomic E-state index is 2.57. The van der Waals surface area contributed by atoms with E-state index in [1.807, 2.05) is 0 Å². The van der Waals surface area contributed by atoms with Gasteiger partial charge in [-0.25, -0.2) is 0 Å². The molecule has 0 saturated carbocycles. The molecule has 2 nitrogen and oxygen atoms in total. The maximum absolute atomic E-state index is 2.57. The molecule has 0 saturated heterocycles. The first-order valence-corrected chi connectivity index (χ1v) is 18.8. The van der Waals surface area contributed by atoms with E-state index < -0.39 is 0 Å². The number of hydrogen-bond donors (Lipinski definition) is 0. The predicted octanol–water partition coefficient (Wildman–Crippen LogP) is 13.2. The molecule has 0 N–H and O–H groups in total. The van der Waals surface area contributed by atoms with Gasteiger partial charge in [0.25, 0.3) is 0 Å². The number of fused-ring (bicyclic) bond motifs is 12. The lowest BCUT2D eigenvalue weighted by atomic mass is 9.79. The van der Waals surface area contributed by atoms with E-state index in [0.29, 0.717) is 0 Å². The summed E-state index contributed by atoms with van der Waals surface area (Å²) >= 11 is 0. The van der Waals surface area contributed by atoms with Crippen LogP contribution in [0.5, 0.6) is 0 Å². The van der Waals surface area contributed by atoms with Crippen LogP contribution in [-0.4, -0.2) is 4.57 Å². The van der Waals surface area contributed by atoms with Crippen molar-refractivity contribution < 1.29 is 0 Å². The first-order valence-electron chi connectivity index (χ1n) is 18.8. The minimum absolute atomic E-state index is 0.204. The molecular weight excluding hydrogens is 641 g/mol. The largest absolute Gasteiger partial charge is 0.310 e. The van der Waals surface area contributed by atoms with Crippen LogP contribution in [0.3, 0.4) is 0 Å².